The van der Waals surface area contributed by atoms with Crippen molar-refractivity contribution in [1.29, 1.82) is 0 Å². The summed E-state index contributed by atoms with van der Waals surface area (Å²) in [4.78, 5) is 31.1. The smallest absolute Gasteiger partial charge is 0.287 e. The molecule has 2 aliphatic heterocycles. The van der Waals surface area contributed by atoms with Gasteiger partial charge in [-0.1, -0.05) is 0 Å². The minimum atomic E-state index is -3.32. The van der Waals surface area contributed by atoms with Crippen molar-refractivity contribution in [3.63, 3.8) is 0 Å². The molecule has 0 N–H and O–H groups in total. The van der Waals surface area contributed by atoms with Gasteiger partial charge in [0.25, 0.3) is 11.6 Å². The van der Waals surface area contributed by atoms with Crippen molar-refractivity contribution in [2.45, 2.75) is 6.42 Å². The molecule has 0 saturated carbocycles. The van der Waals surface area contributed by atoms with Crippen LogP contribution in [0.4, 0.5) is 17.2 Å². The van der Waals surface area contributed by atoms with Crippen molar-refractivity contribution in [2.75, 3.05) is 48.2 Å². The Hall–Kier alpha value is -3.21. The third-order valence-electron chi connectivity index (χ3n) is 5.41. The Morgan fingerprint density at radius 1 is 1.10 bits per heavy atom. The van der Waals surface area contributed by atoms with E-state index in [1.54, 1.807) is 29.2 Å². The molecule has 1 amide bonds. The van der Waals surface area contributed by atoms with Gasteiger partial charge in [-0.05, 0) is 36.2 Å². The fourth-order valence-corrected chi connectivity index (χ4v) is 4.80. The minimum absolute atomic E-state index is 0.0568. The number of piperazine rings is 1. The van der Waals surface area contributed by atoms with Gasteiger partial charge in [-0.15, -0.1) is 0 Å². The van der Waals surface area contributed by atoms with E-state index in [1.165, 1.54) is 22.8 Å². The molecule has 0 spiro atoms. The lowest BCUT2D eigenvalue weighted by atomic mass is 10.1. The van der Waals surface area contributed by atoms with E-state index in [-0.39, 0.29) is 11.6 Å². The van der Waals surface area contributed by atoms with Crippen LogP contribution in [0.2, 0.25) is 0 Å². The van der Waals surface area contributed by atoms with Crippen LogP contribution in [0.1, 0.15) is 15.9 Å². The van der Waals surface area contributed by atoms with Crippen LogP contribution in [-0.4, -0.2) is 68.1 Å². The normalized spacial score (nSPS) is 16.5. The molecular formula is C19H21N5O5S. The van der Waals surface area contributed by atoms with Gasteiger partial charge in [0.2, 0.25) is 10.0 Å². The van der Waals surface area contributed by atoms with Crippen LogP contribution < -0.4 is 9.21 Å². The molecule has 0 unspecified atom stereocenters. The average molecular weight is 431 g/mol. The van der Waals surface area contributed by atoms with Gasteiger partial charge in [-0.2, -0.15) is 0 Å². The molecule has 1 saturated heterocycles. The van der Waals surface area contributed by atoms with Gasteiger partial charge in [0.15, 0.2) is 0 Å². The highest BCUT2D eigenvalue weighted by Gasteiger charge is 2.28. The van der Waals surface area contributed by atoms with E-state index in [9.17, 15) is 23.3 Å². The first kappa shape index (κ1) is 20.1. The summed E-state index contributed by atoms with van der Waals surface area (Å²) in [5.74, 6) is 0.554. The largest absolute Gasteiger partial charge is 0.353 e. The predicted octanol–water partition coefficient (Wildman–Crippen LogP) is 1.27. The number of hydrogen-bond donors (Lipinski definition) is 0. The zero-order valence-corrected chi connectivity index (χ0v) is 17.2. The molecule has 30 heavy (non-hydrogen) atoms. The molecular weight excluding hydrogens is 410 g/mol. The van der Waals surface area contributed by atoms with Gasteiger partial charge in [0, 0.05) is 44.4 Å². The highest BCUT2D eigenvalue weighted by molar-refractivity contribution is 7.92. The summed E-state index contributed by atoms with van der Waals surface area (Å²) in [6, 6.07) is 8.20. The Balaban J connectivity index is 1.42. The summed E-state index contributed by atoms with van der Waals surface area (Å²) in [5, 5.41) is 10.8. The molecule has 0 radical (unpaired) electrons. The Morgan fingerprint density at radius 3 is 2.43 bits per heavy atom. The number of anilines is 2. The van der Waals surface area contributed by atoms with Gasteiger partial charge in [0.05, 0.1) is 16.9 Å². The maximum atomic E-state index is 12.9. The molecule has 11 heteroatoms. The van der Waals surface area contributed by atoms with Gasteiger partial charge in [0.1, 0.15) is 12.0 Å². The number of carbonyl (C=O) groups excluding carboxylic acids is 1. The van der Waals surface area contributed by atoms with Crippen LogP contribution in [0.5, 0.6) is 0 Å². The Kier molecular flexibility index (Phi) is 5.06. The molecule has 1 aromatic heterocycles. The van der Waals surface area contributed by atoms with Gasteiger partial charge < -0.3 is 9.80 Å². The summed E-state index contributed by atoms with van der Waals surface area (Å²) >= 11 is 0. The molecule has 0 atom stereocenters. The molecule has 158 valence electrons. The van der Waals surface area contributed by atoms with Crippen molar-refractivity contribution in [1.82, 2.24) is 9.88 Å². The van der Waals surface area contributed by atoms with Crippen LogP contribution in [0.3, 0.4) is 0 Å². The minimum Gasteiger partial charge on any atom is -0.353 e. The van der Waals surface area contributed by atoms with Crippen LogP contribution in [0.15, 0.2) is 36.5 Å². The summed E-state index contributed by atoms with van der Waals surface area (Å²) in [6.07, 6.45) is 3.00. The first-order valence-corrected chi connectivity index (χ1v) is 11.3. The maximum absolute atomic E-state index is 12.9. The summed E-state index contributed by atoms with van der Waals surface area (Å²) in [6.45, 7) is 2.55. The highest BCUT2D eigenvalue weighted by Crippen LogP contribution is 2.31. The highest BCUT2D eigenvalue weighted by atomic mass is 32.2. The Labute approximate surface area is 173 Å². The molecule has 0 aliphatic carbocycles. The molecule has 0 bridgehead atoms. The number of benzene rings is 1. The van der Waals surface area contributed by atoms with Crippen molar-refractivity contribution in [2.24, 2.45) is 0 Å². The van der Waals surface area contributed by atoms with Crippen LogP contribution >= 0.6 is 0 Å². The van der Waals surface area contributed by atoms with E-state index in [4.69, 9.17) is 0 Å². The molecule has 10 nitrogen and oxygen atoms in total. The topological polar surface area (TPSA) is 117 Å². The number of amides is 1. The number of fused-ring (bicyclic) bond motifs is 1. The SMILES string of the molecule is CS(=O)(=O)N1CCc2cc(C(=O)N3CCN(c4ccc([N+](=O)[O-])cn4)CC3)ccc21. The molecule has 1 aromatic carbocycles. The van der Waals surface area contributed by atoms with Gasteiger partial charge in [-0.3, -0.25) is 19.2 Å². The Bertz CT molecular complexity index is 1090. The summed E-state index contributed by atoms with van der Waals surface area (Å²) < 4.78 is 25.1. The lowest BCUT2D eigenvalue weighted by Crippen LogP contribution is -2.49. The number of aromatic nitrogens is 1. The van der Waals surface area contributed by atoms with Crippen LogP contribution in [-0.2, 0) is 16.4 Å². The van der Waals surface area contributed by atoms with Gasteiger partial charge >= 0.3 is 0 Å². The van der Waals surface area contributed by atoms with Crippen molar-refractivity contribution in [3.05, 3.63) is 57.8 Å². The van der Waals surface area contributed by atoms with E-state index in [1.807, 2.05) is 4.90 Å². The lowest BCUT2D eigenvalue weighted by Gasteiger charge is -2.35. The number of nitro groups is 1. The Morgan fingerprint density at radius 2 is 1.83 bits per heavy atom. The van der Waals surface area contributed by atoms with Crippen molar-refractivity contribution in [3.8, 4) is 0 Å². The quantitative estimate of drug-likeness (QED) is 0.529. The second-order valence-electron chi connectivity index (χ2n) is 7.34. The summed E-state index contributed by atoms with van der Waals surface area (Å²) in [7, 11) is -3.32. The van der Waals surface area contributed by atoms with E-state index < -0.39 is 14.9 Å². The zero-order valence-electron chi connectivity index (χ0n) is 16.4. The summed E-state index contributed by atoms with van der Waals surface area (Å²) in [5.41, 5.74) is 1.99. The van der Waals surface area contributed by atoms with E-state index in [0.717, 1.165) is 5.56 Å². The van der Waals surface area contributed by atoms with E-state index in [2.05, 4.69) is 4.98 Å². The van der Waals surface area contributed by atoms with E-state index >= 15 is 0 Å². The first-order chi connectivity index (χ1) is 14.2. The monoisotopic (exact) mass is 431 g/mol. The fraction of sp³-hybridized carbons (Fsp3) is 0.368. The zero-order chi connectivity index (χ0) is 21.5. The van der Waals surface area contributed by atoms with Crippen molar-refractivity contribution >= 4 is 33.1 Å². The molecule has 2 aromatic rings. The number of hydrogen-bond acceptors (Lipinski definition) is 7. The lowest BCUT2D eigenvalue weighted by molar-refractivity contribution is -0.385. The number of sulfonamides is 1. The van der Waals surface area contributed by atoms with Crippen LogP contribution in [0.25, 0.3) is 0 Å². The van der Waals surface area contributed by atoms with Gasteiger partial charge in [-0.25, -0.2) is 13.4 Å². The molecule has 2 aliphatic rings. The van der Waals surface area contributed by atoms with E-state index in [0.29, 0.717) is 56.2 Å². The first-order valence-electron chi connectivity index (χ1n) is 9.49. The predicted molar refractivity (Wildman–Crippen MR) is 111 cm³/mol. The fourth-order valence-electron chi connectivity index (χ4n) is 3.84. The second-order valence-corrected chi connectivity index (χ2v) is 9.25. The van der Waals surface area contributed by atoms with Crippen LogP contribution in [0, 0.1) is 10.1 Å². The maximum Gasteiger partial charge on any atom is 0.287 e. The number of pyridine rings is 1. The standard InChI is InChI=1S/C19H21N5O5S/c1-30(28,29)23-7-6-14-12-15(2-4-17(14)23)19(25)22-10-8-21(9-11-22)18-5-3-16(13-20-18)24(26)27/h2-5,12-13H,6-11H2,1H3. The third kappa shape index (κ3) is 3.80. The number of nitrogens with zero attached hydrogens (tertiary/aromatic N) is 5. The molecule has 4 rings (SSSR count). The molecule has 3 heterocycles. The van der Waals surface area contributed by atoms with Crippen molar-refractivity contribution < 1.29 is 18.1 Å². The third-order valence-corrected chi connectivity index (χ3v) is 6.59. The number of rotatable bonds is 4. The number of carbonyl (C=O) groups is 1. The second kappa shape index (κ2) is 7.56. The average Bonchev–Trinajstić information content (AvgIpc) is 3.17. The molecule has 1 fully saturated rings.